The highest BCUT2D eigenvalue weighted by molar-refractivity contribution is 5.95. The van der Waals surface area contributed by atoms with E-state index in [4.69, 9.17) is 0 Å². The number of carbonyl (C=O) groups is 2. The number of amides is 2. The normalized spacial score (nSPS) is 16.0. The molecule has 27 heavy (non-hydrogen) atoms. The number of nitrogens with one attached hydrogen (secondary N) is 1. The average molecular weight is 364 g/mol. The number of piperidine rings is 1. The van der Waals surface area contributed by atoms with Gasteiger partial charge in [0, 0.05) is 30.6 Å². The fraction of sp³-hybridized carbons (Fsp3) is 0.391. The summed E-state index contributed by atoms with van der Waals surface area (Å²) < 4.78 is 0. The Kier molecular flexibility index (Phi) is 6.28. The van der Waals surface area contributed by atoms with Crippen LogP contribution in [0, 0.1) is 5.92 Å². The van der Waals surface area contributed by atoms with Crippen molar-refractivity contribution in [2.24, 2.45) is 5.92 Å². The van der Waals surface area contributed by atoms with Crippen molar-refractivity contribution in [2.45, 2.75) is 39.2 Å². The highest BCUT2D eigenvalue weighted by Crippen LogP contribution is 2.22. The minimum absolute atomic E-state index is 0.0171. The Hall–Kier alpha value is -2.62. The van der Waals surface area contributed by atoms with Gasteiger partial charge in [-0.1, -0.05) is 49.4 Å². The SMILES string of the molecule is CC[C@H](C)NC(=O)C1CCN(C(=O)c2ccc(-c3ccccc3)cc2)CC1. The molecule has 2 amide bonds. The lowest BCUT2D eigenvalue weighted by Crippen LogP contribution is -2.44. The van der Waals surface area contributed by atoms with E-state index < -0.39 is 0 Å². The number of nitrogens with zero attached hydrogens (tertiary/aromatic N) is 1. The van der Waals surface area contributed by atoms with Crippen molar-refractivity contribution in [3.05, 3.63) is 60.2 Å². The molecule has 4 nitrogen and oxygen atoms in total. The van der Waals surface area contributed by atoms with Gasteiger partial charge in [0.25, 0.3) is 5.91 Å². The van der Waals surface area contributed by atoms with Gasteiger partial charge in [-0.05, 0) is 49.4 Å². The highest BCUT2D eigenvalue weighted by Gasteiger charge is 2.28. The Morgan fingerprint density at radius 3 is 2.19 bits per heavy atom. The molecule has 0 spiro atoms. The minimum atomic E-state index is 0.0171. The molecule has 1 aliphatic heterocycles. The molecule has 0 aromatic heterocycles. The smallest absolute Gasteiger partial charge is 0.253 e. The molecule has 0 bridgehead atoms. The zero-order chi connectivity index (χ0) is 19.2. The molecular formula is C23H28N2O2. The molecule has 1 saturated heterocycles. The summed E-state index contributed by atoms with van der Waals surface area (Å²) >= 11 is 0. The monoisotopic (exact) mass is 364 g/mol. The summed E-state index contributed by atoms with van der Waals surface area (Å²) in [7, 11) is 0. The van der Waals surface area contributed by atoms with Crippen LogP contribution >= 0.6 is 0 Å². The molecule has 3 rings (SSSR count). The lowest BCUT2D eigenvalue weighted by Gasteiger charge is -2.32. The van der Waals surface area contributed by atoms with Gasteiger partial charge >= 0.3 is 0 Å². The number of likely N-dealkylation sites (tertiary alicyclic amines) is 1. The van der Waals surface area contributed by atoms with Crippen LogP contribution in [0.5, 0.6) is 0 Å². The van der Waals surface area contributed by atoms with Crippen LogP contribution in [0.3, 0.4) is 0 Å². The molecule has 1 atom stereocenters. The van der Waals surface area contributed by atoms with Crippen LogP contribution in [0.2, 0.25) is 0 Å². The number of benzene rings is 2. The van der Waals surface area contributed by atoms with Crippen molar-refractivity contribution < 1.29 is 9.59 Å². The Morgan fingerprint density at radius 1 is 1.00 bits per heavy atom. The van der Waals surface area contributed by atoms with E-state index in [0.29, 0.717) is 18.7 Å². The van der Waals surface area contributed by atoms with E-state index in [1.54, 1.807) is 0 Å². The number of hydrogen-bond acceptors (Lipinski definition) is 2. The van der Waals surface area contributed by atoms with E-state index in [0.717, 1.165) is 30.4 Å². The summed E-state index contributed by atoms with van der Waals surface area (Å²) in [5, 5.41) is 3.05. The fourth-order valence-electron chi connectivity index (χ4n) is 3.43. The quantitative estimate of drug-likeness (QED) is 0.867. The van der Waals surface area contributed by atoms with Crippen LogP contribution in [-0.4, -0.2) is 35.8 Å². The predicted molar refractivity (Wildman–Crippen MR) is 108 cm³/mol. The van der Waals surface area contributed by atoms with Gasteiger partial charge in [-0.15, -0.1) is 0 Å². The first-order valence-electron chi connectivity index (χ1n) is 9.83. The number of carbonyl (C=O) groups excluding carboxylic acids is 2. The Labute approximate surface area is 161 Å². The molecule has 1 fully saturated rings. The van der Waals surface area contributed by atoms with Crippen molar-refractivity contribution in [3.8, 4) is 11.1 Å². The first kappa shape index (κ1) is 19.2. The number of rotatable bonds is 5. The summed E-state index contributed by atoms with van der Waals surface area (Å²) in [6, 6.07) is 18.1. The van der Waals surface area contributed by atoms with Gasteiger partial charge in [0.05, 0.1) is 0 Å². The van der Waals surface area contributed by atoms with Crippen molar-refractivity contribution in [1.29, 1.82) is 0 Å². The summed E-state index contributed by atoms with van der Waals surface area (Å²) in [5.74, 6) is 0.197. The molecule has 4 heteroatoms. The van der Waals surface area contributed by atoms with E-state index in [1.807, 2.05) is 54.3 Å². The zero-order valence-corrected chi connectivity index (χ0v) is 16.2. The molecule has 0 radical (unpaired) electrons. The third-order valence-corrected chi connectivity index (χ3v) is 5.39. The first-order chi connectivity index (χ1) is 13.1. The lowest BCUT2D eigenvalue weighted by molar-refractivity contribution is -0.126. The second-order valence-corrected chi connectivity index (χ2v) is 7.33. The Morgan fingerprint density at radius 2 is 1.59 bits per heavy atom. The van der Waals surface area contributed by atoms with Gasteiger partial charge in [0.1, 0.15) is 0 Å². The van der Waals surface area contributed by atoms with Crippen LogP contribution in [0.4, 0.5) is 0 Å². The van der Waals surface area contributed by atoms with E-state index in [1.165, 1.54) is 0 Å². The maximum atomic E-state index is 12.8. The molecule has 1 aliphatic rings. The maximum absolute atomic E-state index is 12.8. The van der Waals surface area contributed by atoms with Crippen LogP contribution < -0.4 is 5.32 Å². The summed E-state index contributed by atoms with van der Waals surface area (Å²) in [6.07, 6.45) is 2.40. The molecule has 2 aromatic rings. The molecule has 0 aliphatic carbocycles. The summed E-state index contributed by atoms with van der Waals surface area (Å²) in [4.78, 5) is 26.9. The van der Waals surface area contributed by atoms with Gasteiger partial charge in [-0.25, -0.2) is 0 Å². The molecule has 2 aromatic carbocycles. The first-order valence-corrected chi connectivity index (χ1v) is 9.83. The van der Waals surface area contributed by atoms with Crippen LogP contribution in [0.15, 0.2) is 54.6 Å². The van der Waals surface area contributed by atoms with Crippen molar-refractivity contribution >= 4 is 11.8 Å². The van der Waals surface area contributed by atoms with Crippen LogP contribution in [0.25, 0.3) is 11.1 Å². The van der Waals surface area contributed by atoms with Gasteiger partial charge in [0.2, 0.25) is 5.91 Å². The standard InChI is InChI=1S/C23H28N2O2/c1-3-17(2)24-22(26)20-13-15-25(16-14-20)23(27)21-11-9-19(10-12-21)18-7-5-4-6-8-18/h4-12,17,20H,3,13-16H2,1-2H3,(H,24,26)/t17-/m0/s1. The van der Waals surface area contributed by atoms with Crippen LogP contribution in [-0.2, 0) is 4.79 Å². The van der Waals surface area contributed by atoms with E-state index in [-0.39, 0.29) is 23.8 Å². The summed E-state index contributed by atoms with van der Waals surface area (Å²) in [6.45, 7) is 5.36. The minimum Gasteiger partial charge on any atom is -0.353 e. The number of hydrogen-bond donors (Lipinski definition) is 1. The molecule has 142 valence electrons. The van der Waals surface area contributed by atoms with Crippen molar-refractivity contribution in [2.75, 3.05) is 13.1 Å². The van der Waals surface area contributed by atoms with Gasteiger partial charge in [-0.3, -0.25) is 9.59 Å². The molecule has 0 unspecified atom stereocenters. The molecular weight excluding hydrogens is 336 g/mol. The van der Waals surface area contributed by atoms with E-state index in [2.05, 4.69) is 24.4 Å². The average Bonchev–Trinajstić information content (AvgIpc) is 2.74. The van der Waals surface area contributed by atoms with E-state index >= 15 is 0 Å². The molecule has 1 N–H and O–H groups in total. The van der Waals surface area contributed by atoms with Crippen LogP contribution in [0.1, 0.15) is 43.5 Å². The summed E-state index contributed by atoms with van der Waals surface area (Å²) in [5.41, 5.74) is 2.95. The largest absolute Gasteiger partial charge is 0.353 e. The van der Waals surface area contributed by atoms with Crippen molar-refractivity contribution in [1.82, 2.24) is 10.2 Å². The van der Waals surface area contributed by atoms with Gasteiger partial charge < -0.3 is 10.2 Å². The maximum Gasteiger partial charge on any atom is 0.253 e. The second kappa shape index (κ2) is 8.85. The molecule has 0 saturated carbocycles. The predicted octanol–water partition coefficient (Wildman–Crippen LogP) is 4.12. The highest BCUT2D eigenvalue weighted by atomic mass is 16.2. The third-order valence-electron chi connectivity index (χ3n) is 5.39. The lowest BCUT2D eigenvalue weighted by atomic mass is 9.95. The Bertz CT molecular complexity index is 763. The second-order valence-electron chi connectivity index (χ2n) is 7.33. The zero-order valence-electron chi connectivity index (χ0n) is 16.2. The van der Waals surface area contributed by atoms with Gasteiger partial charge in [-0.2, -0.15) is 0 Å². The van der Waals surface area contributed by atoms with Gasteiger partial charge in [0.15, 0.2) is 0 Å². The topological polar surface area (TPSA) is 49.4 Å². The van der Waals surface area contributed by atoms with E-state index in [9.17, 15) is 9.59 Å². The van der Waals surface area contributed by atoms with Crippen molar-refractivity contribution in [3.63, 3.8) is 0 Å². The Balaban J connectivity index is 1.57. The third kappa shape index (κ3) is 4.76. The fourth-order valence-corrected chi connectivity index (χ4v) is 3.43. The molecule has 1 heterocycles.